The molecule has 0 atom stereocenters. The summed E-state index contributed by atoms with van der Waals surface area (Å²) in [6.07, 6.45) is 8.34. The van der Waals surface area contributed by atoms with Gasteiger partial charge in [-0.2, -0.15) is 5.10 Å². The first-order chi connectivity index (χ1) is 12.6. The van der Waals surface area contributed by atoms with Gasteiger partial charge in [-0.15, -0.1) is 0 Å². The van der Waals surface area contributed by atoms with E-state index in [0.717, 1.165) is 58.4 Å². The van der Waals surface area contributed by atoms with Gasteiger partial charge in [0.1, 0.15) is 0 Å². The molecule has 1 aliphatic rings. The van der Waals surface area contributed by atoms with Gasteiger partial charge in [0.15, 0.2) is 5.65 Å². The highest BCUT2D eigenvalue weighted by Crippen LogP contribution is 2.45. The van der Waals surface area contributed by atoms with Crippen LogP contribution in [0.5, 0.6) is 0 Å². The molecule has 4 rings (SSSR count). The van der Waals surface area contributed by atoms with Gasteiger partial charge in [-0.25, -0.2) is 9.67 Å². The summed E-state index contributed by atoms with van der Waals surface area (Å²) >= 11 is 0. The van der Waals surface area contributed by atoms with Crippen LogP contribution in [0.25, 0.3) is 22.2 Å². The van der Waals surface area contributed by atoms with Crippen LogP contribution in [0.1, 0.15) is 48.9 Å². The van der Waals surface area contributed by atoms with Gasteiger partial charge in [-0.3, -0.25) is 9.78 Å². The molecule has 1 N–H and O–H groups in total. The van der Waals surface area contributed by atoms with Crippen LogP contribution in [0.3, 0.4) is 0 Å². The predicted octanol–water partition coefficient (Wildman–Crippen LogP) is 3.72. The molecule has 3 heterocycles. The molecule has 0 amide bonds. The Kier molecular flexibility index (Phi) is 4.18. The number of aryl methyl sites for hydroxylation is 2. The molecule has 1 fully saturated rings. The maximum absolute atomic E-state index is 11.2. The van der Waals surface area contributed by atoms with E-state index >= 15 is 0 Å². The third-order valence-electron chi connectivity index (χ3n) is 4.93. The van der Waals surface area contributed by atoms with Crippen molar-refractivity contribution in [3.8, 4) is 11.1 Å². The molecule has 6 heteroatoms. The highest BCUT2D eigenvalue weighted by molar-refractivity contribution is 5.95. The van der Waals surface area contributed by atoms with Crippen molar-refractivity contribution in [2.45, 2.75) is 52.0 Å². The van der Waals surface area contributed by atoms with E-state index in [0.29, 0.717) is 12.3 Å². The second-order valence-electron chi connectivity index (χ2n) is 6.97. The summed E-state index contributed by atoms with van der Waals surface area (Å²) in [7, 11) is 0. The predicted molar refractivity (Wildman–Crippen MR) is 99.1 cm³/mol. The monoisotopic (exact) mass is 350 g/mol. The minimum atomic E-state index is -0.788. The smallest absolute Gasteiger partial charge is 0.303 e. The van der Waals surface area contributed by atoms with Crippen molar-refractivity contribution in [3.05, 3.63) is 41.5 Å². The standard InChI is InChI=1S/C20H22N4O2/c1-3-24-20-16(11-22-24)18(14-8-12(2)9-21-10-14)15(6-7-17(25)26)19(23-20)13-4-5-13/h8-11,13H,3-7H2,1-2H3,(H,25,26). The normalized spacial score (nSPS) is 14.1. The van der Waals surface area contributed by atoms with Gasteiger partial charge in [0, 0.05) is 53.5 Å². The number of carboxylic acid groups (broad SMARTS) is 1. The largest absolute Gasteiger partial charge is 0.481 e. The van der Waals surface area contributed by atoms with E-state index in [-0.39, 0.29) is 6.42 Å². The Hall–Kier alpha value is -2.76. The third-order valence-corrected chi connectivity index (χ3v) is 4.93. The molecule has 0 spiro atoms. The lowest BCUT2D eigenvalue weighted by atomic mass is 9.92. The third kappa shape index (κ3) is 2.96. The maximum Gasteiger partial charge on any atom is 0.303 e. The van der Waals surface area contributed by atoms with Crippen molar-refractivity contribution in [2.75, 3.05) is 0 Å². The number of carbonyl (C=O) groups is 1. The van der Waals surface area contributed by atoms with Crippen molar-refractivity contribution in [3.63, 3.8) is 0 Å². The van der Waals surface area contributed by atoms with Crippen molar-refractivity contribution in [1.82, 2.24) is 19.7 Å². The number of hydrogen-bond acceptors (Lipinski definition) is 4. The summed E-state index contributed by atoms with van der Waals surface area (Å²) in [4.78, 5) is 20.5. The number of rotatable bonds is 6. The SMILES string of the molecule is CCn1ncc2c(-c3cncc(C)c3)c(CCC(=O)O)c(C3CC3)nc21. The van der Waals surface area contributed by atoms with Gasteiger partial charge in [-0.1, -0.05) is 0 Å². The summed E-state index contributed by atoms with van der Waals surface area (Å²) in [6, 6.07) is 2.10. The van der Waals surface area contributed by atoms with Crippen molar-refractivity contribution >= 4 is 17.0 Å². The van der Waals surface area contributed by atoms with Crippen LogP contribution in [0.4, 0.5) is 0 Å². The Bertz CT molecular complexity index is 989. The number of aromatic nitrogens is 4. The van der Waals surface area contributed by atoms with Crippen molar-refractivity contribution < 1.29 is 9.90 Å². The second kappa shape index (κ2) is 6.52. The van der Waals surface area contributed by atoms with E-state index in [9.17, 15) is 9.90 Å². The van der Waals surface area contributed by atoms with Crippen LogP contribution < -0.4 is 0 Å². The van der Waals surface area contributed by atoms with E-state index in [4.69, 9.17) is 4.98 Å². The van der Waals surface area contributed by atoms with Gasteiger partial charge in [0.2, 0.25) is 0 Å². The zero-order chi connectivity index (χ0) is 18.3. The molecule has 134 valence electrons. The lowest BCUT2D eigenvalue weighted by molar-refractivity contribution is -0.136. The van der Waals surface area contributed by atoms with Gasteiger partial charge in [0.05, 0.1) is 6.20 Å². The Balaban J connectivity index is 2.01. The molecule has 0 bridgehead atoms. The van der Waals surface area contributed by atoms with Crippen LogP contribution in [0, 0.1) is 6.92 Å². The van der Waals surface area contributed by atoms with Crippen molar-refractivity contribution in [2.24, 2.45) is 0 Å². The van der Waals surface area contributed by atoms with Gasteiger partial charge < -0.3 is 5.11 Å². The first-order valence-electron chi connectivity index (χ1n) is 9.10. The number of pyridine rings is 2. The van der Waals surface area contributed by atoms with Crippen LogP contribution in [-0.4, -0.2) is 30.8 Å². The number of hydrogen-bond donors (Lipinski definition) is 1. The lowest BCUT2D eigenvalue weighted by Crippen LogP contribution is -2.07. The fourth-order valence-corrected chi connectivity index (χ4v) is 3.58. The number of aliphatic carboxylic acids is 1. The van der Waals surface area contributed by atoms with E-state index in [1.54, 1.807) is 0 Å². The highest BCUT2D eigenvalue weighted by atomic mass is 16.4. The molecule has 0 aliphatic heterocycles. The maximum atomic E-state index is 11.2. The number of nitrogens with zero attached hydrogens (tertiary/aromatic N) is 4. The Labute approximate surface area is 151 Å². The molecule has 3 aromatic heterocycles. The topological polar surface area (TPSA) is 80.9 Å². The Morgan fingerprint density at radius 3 is 2.77 bits per heavy atom. The van der Waals surface area contributed by atoms with E-state index in [2.05, 4.69) is 23.1 Å². The average Bonchev–Trinajstić information content (AvgIpc) is 3.38. The number of fused-ring (bicyclic) bond motifs is 1. The molecule has 6 nitrogen and oxygen atoms in total. The van der Waals surface area contributed by atoms with E-state index < -0.39 is 5.97 Å². The first kappa shape index (κ1) is 16.7. The molecule has 0 aromatic carbocycles. The van der Waals surface area contributed by atoms with Crippen LogP contribution >= 0.6 is 0 Å². The summed E-state index contributed by atoms with van der Waals surface area (Å²) in [5.74, 6) is -0.357. The minimum absolute atomic E-state index is 0.0983. The van der Waals surface area contributed by atoms with Gasteiger partial charge in [-0.05, 0) is 50.3 Å². The molecule has 0 unspecified atom stereocenters. The second-order valence-corrected chi connectivity index (χ2v) is 6.97. The first-order valence-corrected chi connectivity index (χ1v) is 9.10. The molecule has 0 saturated heterocycles. The molecule has 26 heavy (non-hydrogen) atoms. The molecular formula is C20H22N4O2. The Morgan fingerprint density at radius 1 is 1.31 bits per heavy atom. The molecule has 1 aliphatic carbocycles. The summed E-state index contributed by atoms with van der Waals surface area (Å²) in [5, 5.41) is 14.7. The van der Waals surface area contributed by atoms with Gasteiger partial charge >= 0.3 is 5.97 Å². The summed E-state index contributed by atoms with van der Waals surface area (Å²) in [6.45, 7) is 4.82. The fraction of sp³-hybridized carbons (Fsp3) is 0.400. The zero-order valence-corrected chi connectivity index (χ0v) is 15.1. The molecule has 0 radical (unpaired) electrons. The van der Waals surface area contributed by atoms with E-state index in [1.807, 2.05) is 30.2 Å². The quantitative estimate of drug-likeness (QED) is 0.733. The zero-order valence-electron chi connectivity index (χ0n) is 15.1. The van der Waals surface area contributed by atoms with Crippen molar-refractivity contribution in [1.29, 1.82) is 0 Å². The van der Waals surface area contributed by atoms with Gasteiger partial charge in [0.25, 0.3) is 0 Å². The molecular weight excluding hydrogens is 328 g/mol. The fourth-order valence-electron chi connectivity index (χ4n) is 3.58. The highest BCUT2D eigenvalue weighted by Gasteiger charge is 2.31. The summed E-state index contributed by atoms with van der Waals surface area (Å²) < 4.78 is 1.91. The number of carboxylic acids is 1. The molecule has 3 aromatic rings. The van der Waals surface area contributed by atoms with Crippen LogP contribution in [0.2, 0.25) is 0 Å². The molecule has 1 saturated carbocycles. The summed E-state index contributed by atoms with van der Waals surface area (Å²) in [5.41, 5.74) is 6.11. The van der Waals surface area contributed by atoms with Crippen LogP contribution in [0.15, 0.2) is 24.7 Å². The average molecular weight is 350 g/mol. The lowest BCUT2D eigenvalue weighted by Gasteiger charge is -2.16. The minimum Gasteiger partial charge on any atom is -0.481 e. The van der Waals surface area contributed by atoms with Crippen LogP contribution in [-0.2, 0) is 17.8 Å². The Morgan fingerprint density at radius 2 is 2.12 bits per heavy atom. The van der Waals surface area contributed by atoms with E-state index in [1.165, 1.54) is 0 Å².